The Labute approximate surface area is 113 Å². The minimum absolute atomic E-state index is 0.00557. The molecule has 0 unspecified atom stereocenters. The molecular weight excluding hydrogens is 238 g/mol. The summed E-state index contributed by atoms with van der Waals surface area (Å²) in [5, 5.41) is 0. The molecule has 0 aliphatic rings. The van der Waals surface area contributed by atoms with Gasteiger partial charge in [-0.2, -0.15) is 0 Å². The maximum absolute atomic E-state index is 5.90. The van der Waals surface area contributed by atoms with Crippen molar-refractivity contribution in [2.75, 3.05) is 19.1 Å². The number of hydrogen-bond acceptors (Lipinski definition) is 4. The average Bonchev–Trinajstić information content (AvgIpc) is 2.46. The van der Waals surface area contributed by atoms with Crippen LogP contribution in [0.5, 0.6) is 5.75 Å². The summed E-state index contributed by atoms with van der Waals surface area (Å²) in [6, 6.07) is 11.8. The molecule has 0 aliphatic heterocycles. The fourth-order valence-electron chi connectivity index (χ4n) is 1.84. The fourth-order valence-corrected chi connectivity index (χ4v) is 1.84. The Morgan fingerprint density at radius 1 is 1.21 bits per heavy atom. The second-order valence-corrected chi connectivity index (χ2v) is 4.49. The topological polar surface area (TPSA) is 51.4 Å². The van der Waals surface area contributed by atoms with Gasteiger partial charge >= 0.3 is 0 Å². The Morgan fingerprint density at radius 2 is 1.89 bits per heavy atom. The van der Waals surface area contributed by atoms with Crippen LogP contribution in [-0.4, -0.2) is 19.1 Å². The zero-order valence-electron chi connectivity index (χ0n) is 11.5. The third-order valence-electron chi connectivity index (χ3n) is 3.10. The Morgan fingerprint density at radius 3 is 2.47 bits per heavy atom. The van der Waals surface area contributed by atoms with Crippen LogP contribution in [0.2, 0.25) is 0 Å². The van der Waals surface area contributed by atoms with Crippen molar-refractivity contribution in [1.29, 1.82) is 0 Å². The summed E-state index contributed by atoms with van der Waals surface area (Å²) in [5.41, 5.74) is 8.02. The lowest BCUT2D eigenvalue weighted by Crippen LogP contribution is -2.13. The highest BCUT2D eigenvalue weighted by molar-refractivity contribution is 5.60. The van der Waals surface area contributed by atoms with Gasteiger partial charge in [0, 0.05) is 25.0 Å². The van der Waals surface area contributed by atoms with E-state index < -0.39 is 0 Å². The monoisotopic (exact) mass is 257 g/mol. The lowest BCUT2D eigenvalue weighted by Gasteiger charge is -2.19. The number of nitrogens with zero attached hydrogens (tertiary/aromatic N) is 2. The largest absolute Gasteiger partial charge is 0.497 e. The van der Waals surface area contributed by atoms with E-state index in [9.17, 15) is 0 Å². The molecule has 0 bridgehead atoms. The van der Waals surface area contributed by atoms with Crippen LogP contribution in [0.25, 0.3) is 0 Å². The average molecular weight is 257 g/mol. The Bertz CT molecular complexity index is 537. The molecule has 2 N–H and O–H groups in total. The lowest BCUT2D eigenvalue weighted by atomic mass is 10.1. The number of hydrogen-bond donors (Lipinski definition) is 1. The van der Waals surface area contributed by atoms with Gasteiger partial charge in [-0.25, -0.2) is 4.98 Å². The van der Waals surface area contributed by atoms with E-state index in [0.29, 0.717) is 0 Å². The van der Waals surface area contributed by atoms with Crippen LogP contribution in [0.4, 0.5) is 11.5 Å². The van der Waals surface area contributed by atoms with Crippen LogP contribution in [0, 0.1) is 0 Å². The summed E-state index contributed by atoms with van der Waals surface area (Å²) in [7, 11) is 3.64. The van der Waals surface area contributed by atoms with Crippen LogP contribution in [0.15, 0.2) is 42.6 Å². The zero-order chi connectivity index (χ0) is 13.8. The first-order valence-corrected chi connectivity index (χ1v) is 6.21. The number of nitrogens with two attached hydrogens (primary N) is 1. The SMILES string of the molecule is COc1ccc(N(C)c2cc([C@@H](C)N)ccn2)cc1. The molecule has 0 amide bonds. The van der Waals surface area contributed by atoms with E-state index in [0.717, 1.165) is 22.8 Å². The van der Waals surface area contributed by atoms with Gasteiger partial charge in [0.05, 0.1) is 7.11 Å². The molecule has 100 valence electrons. The summed E-state index contributed by atoms with van der Waals surface area (Å²) in [4.78, 5) is 6.40. The molecule has 0 saturated heterocycles. The van der Waals surface area contributed by atoms with Crippen molar-refractivity contribution >= 4 is 11.5 Å². The molecule has 2 aromatic rings. The normalized spacial score (nSPS) is 12.0. The highest BCUT2D eigenvalue weighted by Crippen LogP contribution is 2.25. The number of ether oxygens (including phenoxy) is 1. The maximum atomic E-state index is 5.90. The number of methoxy groups -OCH3 is 1. The molecular formula is C15H19N3O. The smallest absolute Gasteiger partial charge is 0.132 e. The van der Waals surface area contributed by atoms with Gasteiger partial charge in [0.1, 0.15) is 11.6 Å². The van der Waals surface area contributed by atoms with Crippen molar-refractivity contribution < 1.29 is 4.74 Å². The van der Waals surface area contributed by atoms with E-state index in [1.807, 2.05) is 55.3 Å². The van der Waals surface area contributed by atoms with Crippen molar-refractivity contribution in [3.8, 4) is 5.75 Å². The second-order valence-electron chi connectivity index (χ2n) is 4.49. The van der Waals surface area contributed by atoms with Crippen molar-refractivity contribution in [3.63, 3.8) is 0 Å². The Hall–Kier alpha value is -2.07. The molecule has 0 spiro atoms. The van der Waals surface area contributed by atoms with Gasteiger partial charge in [0.2, 0.25) is 0 Å². The van der Waals surface area contributed by atoms with Crippen molar-refractivity contribution in [2.45, 2.75) is 13.0 Å². The summed E-state index contributed by atoms with van der Waals surface area (Å²) < 4.78 is 5.15. The van der Waals surface area contributed by atoms with Gasteiger partial charge in [0.25, 0.3) is 0 Å². The van der Waals surface area contributed by atoms with Crippen LogP contribution >= 0.6 is 0 Å². The van der Waals surface area contributed by atoms with Crippen LogP contribution < -0.4 is 15.4 Å². The van der Waals surface area contributed by atoms with Crippen LogP contribution in [-0.2, 0) is 0 Å². The molecule has 0 saturated carbocycles. The van der Waals surface area contributed by atoms with E-state index in [1.54, 1.807) is 13.3 Å². The third kappa shape index (κ3) is 3.03. The first kappa shape index (κ1) is 13.4. The van der Waals surface area contributed by atoms with Crippen molar-refractivity contribution in [1.82, 2.24) is 4.98 Å². The third-order valence-corrected chi connectivity index (χ3v) is 3.10. The standard InChI is InChI=1S/C15H19N3O/c1-11(16)12-8-9-17-15(10-12)18(2)13-4-6-14(19-3)7-5-13/h4-11H,16H2,1-3H3/t11-/m1/s1. The molecule has 1 aromatic heterocycles. The van der Waals surface area contributed by atoms with Crippen LogP contribution in [0.1, 0.15) is 18.5 Å². The predicted octanol–water partition coefficient (Wildman–Crippen LogP) is 2.88. The molecule has 0 aliphatic carbocycles. The van der Waals surface area contributed by atoms with E-state index in [1.165, 1.54) is 0 Å². The molecule has 2 rings (SSSR count). The number of pyridine rings is 1. The van der Waals surface area contributed by atoms with Gasteiger partial charge in [-0.05, 0) is 48.9 Å². The number of rotatable bonds is 4. The van der Waals surface area contributed by atoms with Gasteiger partial charge in [0.15, 0.2) is 0 Å². The molecule has 0 fully saturated rings. The van der Waals surface area contributed by atoms with Gasteiger partial charge in [-0.1, -0.05) is 0 Å². The first-order chi connectivity index (χ1) is 9.11. The molecule has 1 heterocycles. The molecule has 19 heavy (non-hydrogen) atoms. The van der Waals surface area contributed by atoms with Gasteiger partial charge < -0.3 is 15.4 Å². The Balaban J connectivity index is 2.27. The highest BCUT2D eigenvalue weighted by atomic mass is 16.5. The minimum atomic E-state index is 0.00557. The molecule has 4 heteroatoms. The summed E-state index contributed by atoms with van der Waals surface area (Å²) >= 11 is 0. The van der Waals surface area contributed by atoms with E-state index >= 15 is 0 Å². The van der Waals surface area contributed by atoms with Gasteiger partial charge in [-0.3, -0.25) is 0 Å². The van der Waals surface area contributed by atoms with Crippen LogP contribution in [0.3, 0.4) is 0 Å². The zero-order valence-corrected chi connectivity index (χ0v) is 11.5. The minimum Gasteiger partial charge on any atom is -0.497 e. The quantitative estimate of drug-likeness (QED) is 0.915. The van der Waals surface area contributed by atoms with Gasteiger partial charge in [-0.15, -0.1) is 0 Å². The summed E-state index contributed by atoms with van der Waals surface area (Å²) in [5.74, 6) is 1.72. The van der Waals surface area contributed by atoms with E-state index in [4.69, 9.17) is 10.5 Å². The Kier molecular flexibility index (Phi) is 4.02. The number of anilines is 2. The summed E-state index contributed by atoms with van der Waals surface area (Å²) in [6.07, 6.45) is 1.79. The highest BCUT2D eigenvalue weighted by Gasteiger charge is 2.07. The predicted molar refractivity (Wildman–Crippen MR) is 77.9 cm³/mol. The van der Waals surface area contributed by atoms with Crippen molar-refractivity contribution in [3.05, 3.63) is 48.2 Å². The molecule has 1 atom stereocenters. The van der Waals surface area contributed by atoms with E-state index in [-0.39, 0.29) is 6.04 Å². The molecule has 4 nitrogen and oxygen atoms in total. The fraction of sp³-hybridized carbons (Fsp3) is 0.267. The lowest BCUT2D eigenvalue weighted by molar-refractivity contribution is 0.415. The maximum Gasteiger partial charge on any atom is 0.132 e. The summed E-state index contributed by atoms with van der Waals surface area (Å²) in [6.45, 7) is 1.96. The van der Waals surface area contributed by atoms with Crippen molar-refractivity contribution in [2.24, 2.45) is 5.73 Å². The molecule has 1 aromatic carbocycles. The molecule has 0 radical (unpaired) electrons. The number of aromatic nitrogens is 1. The second kappa shape index (κ2) is 5.71. The number of benzene rings is 1. The first-order valence-electron chi connectivity index (χ1n) is 6.21. The van der Waals surface area contributed by atoms with E-state index in [2.05, 4.69) is 4.98 Å².